The maximum atomic E-state index is 11.2. The molecule has 0 spiro atoms. The van der Waals surface area contributed by atoms with E-state index in [0.717, 1.165) is 5.56 Å². The van der Waals surface area contributed by atoms with E-state index in [1.807, 2.05) is 13.0 Å². The van der Waals surface area contributed by atoms with Crippen molar-refractivity contribution < 1.29 is 4.79 Å². The van der Waals surface area contributed by atoms with Gasteiger partial charge in [0.2, 0.25) is 5.91 Å². The molecule has 21 heavy (non-hydrogen) atoms. The molecular formula is C15H15Cl2N3O. The first kappa shape index (κ1) is 15.5. The number of benzene rings is 2. The van der Waals surface area contributed by atoms with Crippen LogP contribution in [-0.4, -0.2) is 5.91 Å². The predicted octanol–water partition coefficient (Wildman–Crippen LogP) is 3.85. The molecule has 0 saturated heterocycles. The fourth-order valence-corrected chi connectivity index (χ4v) is 2.57. The fraction of sp³-hybridized carbons (Fsp3) is 0.133. The summed E-state index contributed by atoms with van der Waals surface area (Å²) in [5.74, 6) is -0.504. The smallest absolute Gasteiger partial charge is 0.248 e. The van der Waals surface area contributed by atoms with E-state index < -0.39 is 5.91 Å². The number of carbonyl (C=O) groups excluding carboxylic acids is 1. The van der Waals surface area contributed by atoms with Gasteiger partial charge in [-0.2, -0.15) is 0 Å². The molecular weight excluding hydrogens is 309 g/mol. The van der Waals surface area contributed by atoms with Gasteiger partial charge in [-0.05, 0) is 42.8 Å². The molecule has 0 fully saturated rings. The Morgan fingerprint density at radius 3 is 2.52 bits per heavy atom. The summed E-state index contributed by atoms with van der Waals surface area (Å²) in [7, 11) is 0. The summed E-state index contributed by atoms with van der Waals surface area (Å²) < 4.78 is 0. The third-order valence-corrected chi connectivity index (χ3v) is 3.70. The second-order valence-electron chi connectivity index (χ2n) is 4.70. The van der Waals surface area contributed by atoms with Gasteiger partial charge < -0.3 is 16.8 Å². The van der Waals surface area contributed by atoms with Crippen LogP contribution in [0.1, 0.15) is 28.9 Å². The molecule has 5 N–H and O–H groups in total. The molecule has 110 valence electrons. The third kappa shape index (κ3) is 3.60. The highest BCUT2D eigenvalue weighted by molar-refractivity contribution is 6.35. The van der Waals surface area contributed by atoms with Crippen molar-refractivity contribution in [3.8, 4) is 0 Å². The van der Waals surface area contributed by atoms with Crippen LogP contribution < -0.4 is 16.8 Å². The number of primary amides is 1. The van der Waals surface area contributed by atoms with Gasteiger partial charge in [0.25, 0.3) is 0 Å². The Balaban J connectivity index is 2.28. The maximum absolute atomic E-state index is 11.2. The lowest BCUT2D eigenvalue weighted by Gasteiger charge is -2.19. The van der Waals surface area contributed by atoms with E-state index >= 15 is 0 Å². The summed E-state index contributed by atoms with van der Waals surface area (Å²) in [6, 6.07) is 10.0. The number of nitrogens with two attached hydrogens (primary N) is 2. The van der Waals surface area contributed by atoms with Gasteiger partial charge in [-0.3, -0.25) is 4.79 Å². The largest absolute Gasteiger partial charge is 0.397 e. The number of nitrogen functional groups attached to an aromatic ring is 1. The Morgan fingerprint density at radius 1 is 1.19 bits per heavy atom. The monoisotopic (exact) mass is 323 g/mol. The van der Waals surface area contributed by atoms with Crippen LogP contribution in [0.2, 0.25) is 10.0 Å². The van der Waals surface area contributed by atoms with Crippen molar-refractivity contribution in [2.75, 3.05) is 11.1 Å². The van der Waals surface area contributed by atoms with Crippen molar-refractivity contribution in [2.24, 2.45) is 5.73 Å². The summed E-state index contributed by atoms with van der Waals surface area (Å²) in [6.07, 6.45) is 0. The van der Waals surface area contributed by atoms with Crippen molar-refractivity contribution in [2.45, 2.75) is 13.0 Å². The highest BCUT2D eigenvalue weighted by Crippen LogP contribution is 2.30. The predicted molar refractivity (Wildman–Crippen MR) is 87.9 cm³/mol. The Morgan fingerprint density at radius 2 is 1.90 bits per heavy atom. The summed E-state index contributed by atoms with van der Waals surface area (Å²) in [6.45, 7) is 1.94. The van der Waals surface area contributed by atoms with Gasteiger partial charge in [-0.1, -0.05) is 29.3 Å². The second-order valence-corrected chi connectivity index (χ2v) is 5.54. The quantitative estimate of drug-likeness (QED) is 0.747. The van der Waals surface area contributed by atoms with Crippen molar-refractivity contribution in [3.05, 3.63) is 57.6 Å². The molecule has 1 atom stereocenters. The van der Waals surface area contributed by atoms with Crippen LogP contribution in [0.15, 0.2) is 36.4 Å². The SMILES string of the molecule is CC(Nc1cc(C(N)=O)ccc1N)c1ccc(Cl)cc1Cl. The molecule has 1 unspecified atom stereocenters. The minimum absolute atomic E-state index is 0.111. The molecule has 2 rings (SSSR count). The van der Waals surface area contributed by atoms with E-state index in [-0.39, 0.29) is 6.04 Å². The Kier molecular flexibility index (Phi) is 4.60. The molecule has 0 aliphatic carbocycles. The van der Waals surface area contributed by atoms with E-state index in [1.54, 1.807) is 30.3 Å². The van der Waals surface area contributed by atoms with Gasteiger partial charge >= 0.3 is 0 Å². The molecule has 2 aromatic rings. The number of nitrogens with one attached hydrogen (secondary N) is 1. The number of anilines is 2. The first-order chi connectivity index (χ1) is 9.88. The van der Waals surface area contributed by atoms with Crippen LogP contribution in [0.5, 0.6) is 0 Å². The maximum Gasteiger partial charge on any atom is 0.248 e. The normalized spacial score (nSPS) is 12.0. The standard InChI is InChI=1S/C15H15Cl2N3O/c1-8(11-4-3-10(16)7-12(11)17)20-14-6-9(15(19)21)2-5-13(14)18/h2-8,20H,18H2,1H3,(H2,19,21). The van der Waals surface area contributed by atoms with E-state index in [1.165, 1.54) is 0 Å². The number of carbonyl (C=O) groups is 1. The number of hydrogen-bond acceptors (Lipinski definition) is 3. The van der Waals surface area contributed by atoms with E-state index in [0.29, 0.717) is 27.0 Å². The Labute approximate surface area is 133 Å². The number of hydrogen-bond donors (Lipinski definition) is 3. The van der Waals surface area contributed by atoms with E-state index in [9.17, 15) is 4.79 Å². The highest BCUT2D eigenvalue weighted by Gasteiger charge is 2.12. The number of amides is 1. The fourth-order valence-electron chi connectivity index (χ4n) is 2.00. The molecule has 6 heteroatoms. The van der Waals surface area contributed by atoms with Crippen molar-refractivity contribution >= 4 is 40.5 Å². The van der Waals surface area contributed by atoms with Crippen molar-refractivity contribution in [3.63, 3.8) is 0 Å². The first-order valence-electron chi connectivity index (χ1n) is 6.29. The lowest BCUT2D eigenvalue weighted by molar-refractivity contribution is 0.100. The van der Waals surface area contributed by atoms with E-state index in [2.05, 4.69) is 5.32 Å². The minimum atomic E-state index is -0.504. The van der Waals surface area contributed by atoms with Crippen molar-refractivity contribution in [1.82, 2.24) is 0 Å². The van der Waals surface area contributed by atoms with E-state index in [4.69, 9.17) is 34.7 Å². The lowest BCUT2D eigenvalue weighted by atomic mass is 10.1. The average molecular weight is 324 g/mol. The number of rotatable bonds is 4. The van der Waals surface area contributed by atoms with Crippen LogP contribution in [0.25, 0.3) is 0 Å². The summed E-state index contributed by atoms with van der Waals surface area (Å²) in [5.41, 5.74) is 13.6. The van der Waals surface area contributed by atoms with Crippen molar-refractivity contribution in [1.29, 1.82) is 0 Å². The van der Waals surface area contributed by atoms with Crippen LogP contribution in [0.4, 0.5) is 11.4 Å². The van der Waals surface area contributed by atoms with Crippen LogP contribution >= 0.6 is 23.2 Å². The van der Waals surface area contributed by atoms with Gasteiger partial charge in [0.1, 0.15) is 0 Å². The number of halogens is 2. The molecule has 0 aliphatic rings. The molecule has 0 bridgehead atoms. The topological polar surface area (TPSA) is 81.1 Å². The Bertz CT molecular complexity index is 689. The van der Waals surface area contributed by atoms with Gasteiger partial charge in [-0.15, -0.1) is 0 Å². The molecule has 4 nitrogen and oxygen atoms in total. The zero-order chi connectivity index (χ0) is 15.6. The van der Waals surface area contributed by atoms with Crippen LogP contribution in [0.3, 0.4) is 0 Å². The average Bonchev–Trinajstić information content (AvgIpc) is 2.40. The van der Waals surface area contributed by atoms with Gasteiger partial charge in [0, 0.05) is 15.6 Å². The first-order valence-corrected chi connectivity index (χ1v) is 7.05. The summed E-state index contributed by atoms with van der Waals surface area (Å²) in [4.78, 5) is 11.2. The molecule has 1 amide bonds. The van der Waals surface area contributed by atoms with Gasteiger partial charge in [-0.25, -0.2) is 0 Å². The third-order valence-electron chi connectivity index (χ3n) is 3.14. The zero-order valence-electron chi connectivity index (χ0n) is 11.4. The molecule has 0 aliphatic heterocycles. The molecule has 0 heterocycles. The highest BCUT2D eigenvalue weighted by atomic mass is 35.5. The summed E-state index contributed by atoms with van der Waals surface area (Å²) >= 11 is 12.1. The van der Waals surface area contributed by atoms with Crippen LogP contribution in [-0.2, 0) is 0 Å². The zero-order valence-corrected chi connectivity index (χ0v) is 12.9. The van der Waals surface area contributed by atoms with Crippen LogP contribution in [0, 0.1) is 0 Å². The lowest BCUT2D eigenvalue weighted by Crippen LogP contribution is -2.13. The minimum Gasteiger partial charge on any atom is -0.397 e. The molecule has 0 radical (unpaired) electrons. The van der Waals surface area contributed by atoms with Gasteiger partial charge in [0.15, 0.2) is 0 Å². The molecule has 0 saturated carbocycles. The molecule has 2 aromatic carbocycles. The van der Waals surface area contributed by atoms with Gasteiger partial charge in [0.05, 0.1) is 17.4 Å². The Hall–Kier alpha value is -1.91. The second kappa shape index (κ2) is 6.24. The molecule has 0 aromatic heterocycles. The summed E-state index contributed by atoms with van der Waals surface area (Å²) in [5, 5.41) is 4.36.